The molecule has 2 aromatic rings. The number of rotatable bonds is 9. The Balaban J connectivity index is 2.67. The van der Waals surface area contributed by atoms with Gasteiger partial charge in [-0.05, 0) is 17.7 Å². The van der Waals surface area contributed by atoms with E-state index < -0.39 is 28.1 Å². The minimum absolute atomic E-state index is 0.0141. The molecule has 2 N–H and O–H groups in total. The van der Waals surface area contributed by atoms with Crippen LogP contribution in [0.5, 0.6) is 17.2 Å². The number of carboxylic acid groups (broad SMARTS) is 2. The smallest absolute Gasteiger partial charge is 0.343 e. The van der Waals surface area contributed by atoms with Gasteiger partial charge in [-0.2, -0.15) is 0 Å². The van der Waals surface area contributed by atoms with Crippen molar-refractivity contribution in [3.8, 4) is 17.2 Å². The number of nitro benzene ring substituents is 1. The first kappa shape index (κ1) is 21.2. The Labute approximate surface area is 164 Å². The third-order valence-electron chi connectivity index (χ3n) is 3.79. The van der Waals surface area contributed by atoms with Crippen molar-refractivity contribution in [3.05, 3.63) is 63.2 Å². The highest BCUT2D eigenvalue weighted by Crippen LogP contribution is 2.47. The monoisotopic (exact) mass is 403 g/mol. The number of benzene rings is 2. The van der Waals surface area contributed by atoms with E-state index in [1.54, 1.807) is 24.3 Å². The Morgan fingerprint density at radius 2 is 1.66 bits per heavy atom. The summed E-state index contributed by atoms with van der Waals surface area (Å²) in [6, 6.07) is 10.1. The highest BCUT2D eigenvalue weighted by molar-refractivity contribution is 6.16. The van der Waals surface area contributed by atoms with E-state index in [0.717, 1.165) is 18.7 Å². The van der Waals surface area contributed by atoms with Gasteiger partial charge in [0.1, 0.15) is 12.2 Å². The molecule has 0 aliphatic rings. The molecule has 0 aliphatic carbocycles. The van der Waals surface area contributed by atoms with Gasteiger partial charge in [0.2, 0.25) is 11.5 Å². The number of nitrogens with zero attached hydrogens (tertiary/aromatic N) is 1. The van der Waals surface area contributed by atoms with Crippen LogP contribution in [0.15, 0.2) is 42.0 Å². The molecule has 10 nitrogen and oxygen atoms in total. The Bertz CT molecular complexity index is 951. The van der Waals surface area contributed by atoms with E-state index in [4.69, 9.17) is 24.4 Å². The van der Waals surface area contributed by atoms with E-state index in [-0.39, 0.29) is 29.4 Å². The van der Waals surface area contributed by atoms with E-state index in [1.165, 1.54) is 7.11 Å². The second-order valence-corrected chi connectivity index (χ2v) is 5.58. The molecule has 10 heteroatoms. The summed E-state index contributed by atoms with van der Waals surface area (Å²) < 4.78 is 16.0. The van der Waals surface area contributed by atoms with Gasteiger partial charge in [0, 0.05) is 0 Å². The molecule has 0 fully saturated rings. The van der Waals surface area contributed by atoms with Gasteiger partial charge in [-0.1, -0.05) is 30.3 Å². The minimum atomic E-state index is -1.76. The topological polar surface area (TPSA) is 145 Å². The van der Waals surface area contributed by atoms with Crippen LogP contribution in [0.1, 0.15) is 11.1 Å². The summed E-state index contributed by atoms with van der Waals surface area (Å²) in [5.74, 6) is -3.91. The van der Waals surface area contributed by atoms with Crippen molar-refractivity contribution in [2.75, 3.05) is 14.2 Å². The lowest BCUT2D eigenvalue weighted by Gasteiger charge is -2.15. The molecule has 2 rings (SSSR count). The Morgan fingerprint density at radius 3 is 2.14 bits per heavy atom. The van der Waals surface area contributed by atoms with Crippen molar-refractivity contribution < 1.29 is 38.9 Å². The molecule has 2 aromatic carbocycles. The summed E-state index contributed by atoms with van der Waals surface area (Å²) in [7, 11) is 2.42. The van der Waals surface area contributed by atoms with Crippen LogP contribution in [0.2, 0.25) is 0 Å². The summed E-state index contributed by atoms with van der Waals surface area (Å²) in [6.45, 7) is 0.0754. The molecule has 0 aromatic heterocycles. The zero-order valence-corrected chi connectivity index (χ0v) is 15.4. The van der Waals surface area contributed by atoms with Crippen LogP contribution >= 0.6 is 0 Å². The van der Waals surface area contributed by atoms with Gasteiger partial charge in [-0.3, -0.25) is 10.1 Å². The van der Waals surface area contributed by atoms with Gasteiger partial charge < -0.3 is 24.4 Å². The number of hydrogen-bond acceptors (Lipinski definition) is 7. The quantitative estimate of drug-likeness (QED) is 0.212. The van der Waals surface area contributed by atoms with Crippen molar-refractivity contribution in [1.29, 1.82) is 0 Å². The fourth-order valence-electron chi connectivity index (χ4n) is 2.52. The summed E-state index contributed by atoms with van der Waals surface area (Å²) in [5.41, 5.74) is -1.25. The van der Waals surface area contributed by atoms with Crippen molar-refractivity contribution in [2.45, 2.75) is 6.61 Å². The standard InChI is InChI=1S/C19H17NO9/c1-27-16-14(29-10-11-6-4-3-5-7-11)9-12(8-13(18(21)22)19(23)24)15(20(25)26)17(16)28-2/h3-9H,10H2,1-2H3,(H,21,22)(H,23,24). The highest BCUT2D eigenvalue weighted by atomic mass is 16.6. The number of carbonyl (C=O) groups is 2. The average molecular weight is 403 g/mol. The van der Waals surface area contributed by atoms with Crippen molar-refractivity contribution in [1.82, 2.24) is 0 Å². The molecule has 0 spiro atoms. The molecule has 29 heavy (non-hydrogen) atoms. The third kappa shape index (κ3) is 4.80. The van der Waals surface area contributed by atoms with Crippen LogP contribution < -0.4 is 14.2 Å². The van der Waals surface area contributed by atoms with Crippen molar-refractivity contribution in [2.24, 2.45) is 0 Å². The lowest BCUT2D eigenvalue weighted by Crippen LogP contribution is -2.11. The molecule has 152 valence electrons. The zero-order chi connectivity index (χ0) is 21.6. The van der Waals surface area contributed by atoms with Crippen LogP contribution in [-0.4, -0.2) is 41.3 Å². The molecule has 0 saturated heterocycles. The number of aliphatic carboxylic acids is 2. The van der Waals surface area contributed by atoms with Crippen LogP contribution in [0.3, 0.4) is 0 Å². The molecule has 0 atom stereocenters. The molecule has 0 unspecified atom stereocenters. The van der Waals surface area contributed by atoms with Crippen LogP contribution in [0.4, 0.5) is 5.69 Å². The fourth-order valence-corrected chi connectivity index (χ4v) is 2.52. The van der Waals surface area contributed by atoms with Crippen LogP contribution in [0, 0.1) is 10.1 Å². The molecular weight excluding hydrogens is 386 g/mol. The highest BCUT2D eigenvalue weighted by Gasteiger charge is 2.30. The van der Waals surface area contributed by atoms with Gasteiger partial charge in [0.05, 0.1) is 24.7 Å². The minimum Gasteiger partial charge on any atom is -0.490 e. The Kier molecular flexibility index (Phi) is 6.75. The predicted molar refractivity (Wildman–Crippen MR) is 100 cm³/mol. The van der Waals surface area contributed by atoms with Gasteiger partial charge in [-0.25, -0.2) is 9.59 Å². The maximum atomic E-state index is 11.6. The first-order valence-corrected chi connectivity index (χ1v) is 8.08. The SMILES string of the molecule is COc1c(OCc2ccccc2)cc(C=C(C(=O)O)C(=O)O)c([N+](=O)[O-])c1OC. The van der Waals surface area contributed by atoms with E-state index in [0.29, 0.717) is 6.08 Å². The van der Waals surface area contributed by atoms with E-state index in [9.17, 15) is 19.7 Å². The number of nitro groups is 1. The predicted octanol–water partition coefficient (Wildman–Crippen LogP) is 2.74. The second kappa shape index (κ2) is 9.22. The van der Waals surface area contributed by atoms with E-state index >= 15 is 0 Å². The van der Waals surface area contributed by atoms with Crippen molar-refractivity contribution >= 4 is 23.7 Å². The first-order valence-electron chi connectivity index (χ1n) is 8.08. The molecular formula is C19H17NO9. The van der Waals surface area contributed by atoms with Crippen molar-refractivity contribution in [3.63, 3.8) is 0 Å². The Hall–Kier alpha value is -4.08. The summed E-state index contributed by atoms with van der Waals surface area (Å²) in [5, 5.41) is 29.7. The fraction of sp³-hybridized carbons (Fsp3) is 0.158. The number of carboxylic acids is 2. The zero-order valence-electron chi connectivity index (χ0n) is 15.4. The normalized spacial score (nSPS) is 10.0. The average Bonchev–Trinajstić information content (AvgIpc) is 2.69. The second-order valence-electron chi connectivity index (χ2n) is 5.58. The number of hydrogen-bond donors (Lipinski definition) is 2. The summed E-state index contributed by atoms with van der Waals surface area (Å²) in [6.07, 6.45) is 0.667. The molecule has 0 amide bonds. The van der Waals surface area contributed by atoms with Crippen LogP contribution in [0.25, 0.3) is 6.08 Å². The maximum Gasteiger partial charge on any atom is 0.343 e. The van der Waals surface area contributed by atoms with E-state index in [1.807, 2.05) is 6.07 Å². The molecule has 0 radical (unpaired) electrons. The lowest BCUT2D eigenvalue weighted by atomic mass is 10.1. The van der Waals surface area contributed by atoms with Crippen LogP contribution in [-0.2, 0) is 16.2 Å². The number of methoxy groups -OCH3 is 2. The third-order valence-corrected chi connectivity index (χ3v) is 3.79. The molecule has 0 heterocycles. The first-order chi connectivity index (χ1) is 13.8. The van der Waals surface area contributed by atoms with Gasteiger partial charge in [0.15, 0.2) is 5.75 Å². The molecule has 0 bridgehead atoms. The van der Waals surface area contributed by atoms with Gasteiger partial charge >= 0.3 is 17.6 Å². The summed E-state index contributed by atoms with van der Waals surface area (Å²) >= 11 is 0. The molecule has 0 aliphatic heterocycles. The van der Waals surface area contributed by atoms with E-state index in [2.05, 4.69) is 0 Å². The van der Waals surface area contributed by atoms with Gasteiger partial charge in [0.25, 0.3) is 0 Å². The summed E-state index contributed by atoms with van der Waals surface area (Å²) in [4.78, 5) is 33.1. The molecule has 0 saturated carbocycles. The Morgan fingerprint density at radius 1 is 1.07 bits per heavy atom. The lowest BCUT2D eigenvalue weighted by molar-refractivity contribution is -0.386. The van der Waals surface area contributed by atoms with Gasteiger partial charge in [-0.15, -0.1) is 0 Å². The maximum absolute atomic E-state index is 11.6. The number of ether oxygens (including phenoxy) is 3. The largest absolute Gasteiger partial charge is 0.490 e.